The Labute approximate surface area is 145 Å². The van der Waals surface area contributed by atoms with Crippen LogP contribution in [-0.2, 0) is 9.59 Å². The minimum absolute atomic E-state index is 0.120. The molecule has 0 spiro atoms. The van der Waals surface area contributed by atoms with Crippen molar-refractivity contribution in [3.05, 3.63) is 34.3 Å². The molecule has 3 rings (SSSR count). The zero-order valence-corrected chi connectivity index (χ0v) is 14.7. The molecule has 5 heteroatoms. The van der Waals surface area contributed by atoms with Crippen LogP contribution in [0.3, 0.4) is 0 Å². The summed E-state index contributed by atoms with van der Waals surface area (Å²) in [6.45, 7) is 1.56. The molecule has 0 radical (unpaired) electrons. The smallest absolute Gasteiger partial charge is 0.303 e. The molecule has 4 nitrogen and oxygen atoms in total. The second kappa shape index (κ2) is 7.04. The van der Waals surface area contributed by atoms with Gasteiger partial charge in [0.2, 0.25) is 5.91 Å². The van der Waals surface area contributed by atoms with Crippen LogP contribution in [0.15, 0.2) is 28.7 Å². The number of carboxylic acid groups (broad SMARTS) is 1. The van der Waals surface area contributed by atoms with E-state index < -0.39 is 5.97 Å². The Kier molecular flexibility index (Phi) is 5.05. The van der Waals surface area contributed by atoms with Gasteiger partial charge in [0.05, 0.1) is 0 Å². The molecule has 1 aromatic carbocycles. The van der Waals surface area contributed by atoms with Gasteiger partial charge in [0, 0.05) is 29.9 Å². The number of carbonyl (C=O) groups is 2. The van der Waals surface area contributed by atoms with Crippen LogP contribution in [0.4, 0.5) is 0 Å². The van der Waals surface area contributed by atoms with Crippen LogP contribution >= 0.6 is 15.9 Å². The molecular weight excluding hydrogens is 358 g/mol. The molecule has 23 heavy (non-hydrogen) atoms. The van der Waals surface area contributed by atoms with Gasteiger partial charge in [-0.1, -0.05) is 28.1 Å². The van der Waals surface area contributed by atoms with Gasteiger partial charge in [0.25, 0.3) is 0 Å². The second-order valence-corrected chi connectivity index (χ2v) is 7.64. The third-order valence-corrected chi connectivity index (χ3v) is 5.53. The number of nitrogens with zero attached hydrogens (tertiary/aromatic N) is 1. The van der Waals surface area contributed by atoms with E-state index >= 15 is 0 Å². The third kappa shape index (κ3) is 4.14. The molecule has 0 aromatic heterocycles. The quantitative estimate of drug-likeness (QED) is 0.848. The molecule has 1 saturated heterocycles. The van der Waals surface area contributed by atoms with Gasteiger partial charge < -0.3 is 10.0 Å². The van der Waals surface area contributed by atoms with Crippen molar-refractivity contribution in [3.8, 4) is 0 Å². The number of carboxylic acids is 1. The topological polar surface area (TPSA) is 57.6 Å². The van der Waals surface area contributed by atoms with Gasteiger partial charge in [0.1, 0.15) is 0 Å². The highest BCUT2D eigenvalue weighted by atomic mass is 79.9. The molecule has 0 unspecified atom stereocenters. The van der Waals surface area contributed by atoms with E-state index in [-0.39, 0.29) is 18.2 Å². The predicted octanol–water partition coefficient (Wildman–Crippen LogP) is 3.66. The van der Waals surface area contributed by atoms with Crippen LogP contribution in [-0.4, -0.2) is 35.0 Å². The van der Waals surface area contributed by atoms with E-state index in [4.69, 9.17) is 5.11 Å². The van der Waals surface area contributed by atoms with E-state index in [0.717, 1.165) is 36.8 Å². The molecule has 1 N–H and O–H groups in total. The number of carbonyl (C=O) groups excluding carboxylic acids is 1. The summed E-state index contributed by atoms with van der Waals surface area (Å²) in [4.78, 5) is 25.4. The minimum atomic E-state index is -0.744. The van der Waals surface area contributed by atoms with Crippen molar-refractivity contribution in [2.45, 2.75) is 38.0 Å². The molecule has 2 fully saturated rings. The van der Waals surface area contributed by atoms with Crippen LogP contribution in [0, 0.1) is 11.8 Å². The molecule has 2 aliphatic rings. The monoisotopic (exact) mass is 379 g/mol. The first-order valence-electron chi connectivity index (χ1n) is 8.30. The van der Waals surface area contributed by atoms with Crippen LogP contribution < -0.4 is 0 Å². The van der Waals surface area contributed by atoms with Crippen LogP contribution in [0.2, 0.25) is 0 Å². The van der Waals surface area contributed by atoms with E-state index in [0.29, 0.717) is 18.3 Å². The van der Waals surface area contributed by atoms with Gasteiger partial charge in [-0.15, -0.1) is 0 Å². The van der Waals surface area contributed by atoms with Crippen molar-refractivity contribution in [1.29, 1.82) is 0 Å². The lowest BCUT2D eigenvalue weighted by Crippen LogP contribution is -2.41. The van der Waals surface area contributed by atoms with Gasteiger partial charge in [-0.05, 0) is 55.2 Å². The lowest BCUT2D eigenvalue weighted by atomic mass is 9.93. The number of rotatable bonds is 5. The number of likely N-dealkylation sites (tertiary alicyclic amines) is 1. The maximum Gasteiger partial charge on any atom is 0.303 e. The zero-order valence-electron chi connectivity index (χ0n) is 13.1. The summed E-state index contributed by atoms with van der Waals surface area (Å²) in [5.74, 6) is 0.335. The maximum atomic E-state index is 12.7. The maximum absolute atomic E-state index is 12.7. The average Bonchev–Trinajstić information content (AvgIpc) is 3.34. The lowest BCUT2D eigenvalue weighted by Gasteiger charge is -2.33. The summed E-state index contributed by atoms with van der Waals surface area (Å²) in [5, 5.41) is 8.81. The highest BCUT2D eigenvalue weighted by Crippen LogP contribution is 2.49. The molecule has 124 valence electrons. The summed E-state index contributed by atoms with van der Waals surface area (Å²) in [6.07, 6.45) is 3.86. The van der Waals surface area contributed by atoms with Crippen molar-refractivity contribution in [2.24, 2.45) is 11.8 Å². The van der Waals surface area contributed by atoms with Gasteiger partial charge in [-0.2, -0.15) is 0 Å². The van der Waals surface area contributed by atoms with Crippen molar-refractivity contribution in [3.63, 3.8) is 0 Å². The number of piperidine rings is 1. The number of hydrogen-bond donors (Lipinski definition) is 1. The van der Waals surface area contributed by atoms with Crippen molar-refractivity contribution < 1.29 is 14.7 Å². The molecule has 1 aromatic rings. The molecule has 1 heterocycles. The van der Waals surface area contributed by atoms with Gasteiger partial charge >= 0.3 is 5.97 Å². The van der Waals surface area contributed by atoms with Gasteiger partial charge in [-0.25, -0.2) is 0 Å². The molecule has 1 aliphatic carbocycles. The first-order valence-corrected chi connectivity index (χ1v) is 9.10. The van der Waals surface area contributed by atoms with Crippen molar-refractivity contribution in [1.82, 2.24) is 4.90 Å². The van der Waals surface area contributed by atoms with Crippen LogP contribution in [0.1, 0.15) is 43.6 Å². The van der Waals surface area contributed by atoms with Crippen molar-refractivity contribution in [2.75, 3.05) is 13.1 Å². The standard InChI is InChI=1S/C18H22BrNO3/c19-14-6-4-13(5-7-14)15-10-16(15)18(23)20-9-1-2-12(11-20)3-8-17(21)22/h4-7,12,15-16H,1-3,8-11H2,(H,21,22)/t12-,15+,16+/m0/s1. The fourth-order valence-corrected chi connectivity index (χ4v) is 3.87. The Balaban J connectivity index is 1.54. The predicted molar refractivity (Wildman–Crippen MR) is 91.2 cm³/mol. The van der Waals surface area contributed by atoms with E-state index in [9.17, 15) is 9.59 Å². The Hall–Kier alpha value is -1.36. The van der Waals surface area contributed by atoms with Crippen molar-refractivity contribution >= 4 is 27.8 Å². The minimum Gasteiger partial charge on any atom is -0.481 e. The largest absolute Gasteiger partial charge is 0.481 e. The Bertz CT molecular complexity index is 586. The number of halogens is 1. The molecule has 3 atom stereocenters. The normalized spacial score (nSPS) is 26.8. The first kappa shape index (κ1) is 16.5. The fraction of sp³-hybridized carbons (Fsp3) is 0.556. The van der Waals surface area contributed by atoms with Gasteiger partial charge in [-0.3, -0.25) is 9.59 Å². The van der Waals surface area contributed by atoms with E-state index in [1.165, 1.54) is 5.56 Å². The Morgan fingerprint density at radius 1 is 1.26 bits per heavy atom. The van der Waals surface area contributed by atoms with E-state index in [1.54, 1.807) is 0 Å². The fourth-order valence-electron chi connectivity index (χ4n) is 3.61. The Morgan fingerprint density at radius 2 is 2.00 bits per heavy atom. The Morgan fingerprint density at radius 3 is 2.70 bits per heavy atom. The molecule has 1 saturated carbocycles. The summed E-state index contributed by atoms with van der Waals surface area (Å²) in [7, 11) is 0. The number of amides is 1. The summed E-state index contributed by atoms with van der Waals surface area (Å²) in [6, 6.07) is 8.23. The highest BCUT2D eigenvalue weighted by Gasteiger charge is 2.46. The highest BCUT2D eigenvalue weighted by molar-refractivity contribution is 9.10. The average molecular weight is 380 g/mol. The molecular formula is C18H22BrNO3. The molecule has 1 aliphatic heterocycles. The molecule has 1 amide bonds. The first-order chi connectivity index (χ1) is 11.0. The van der Waals surface area contributed by atoms with Gasteiger partial charge in [0.15, 0.2) is 0 Å². The summed E-state index contributed by atoms with van der Waals surface area (Å²) in [5.41, 5.74) is 1.24. The SMILES string of the molecule is O=C(O)CC[C@@H]1CCCN(C(=O)[C@@H]2C[C@@H]2c2ccc(Br)cc2)C1. The number of aliphatic carboxylic acids is 1. The third-order valence-electron chi connectivity index (χ3n) is 5.00. The van der Waals surface area contributed by atoms with Crippen LogP contribution in [0.5, 0.6) is 0 Å². The van der Waals surface area contributed by atoms with E-state index in [1.807, 2.05) is 17.0 Å². The van der Waals surface area contributed by atoms with Crippen LogP contribution in [0.25, 0.3) is 0 Å². The number of benzene rings is 1. The molecule has 0 bridgehead atoms. The van der Waals surface area contributed by atoms with E-state index in [2.05, 4.69) is 28.1 Å². The zero-order chi connectivity index (χ0) is 16.4. The summed E-state index contributed by atoms with van der Waals surface area (Å²) < 4.78 is 1.06. The summed E-state index contributed by atoms with van der Waals surface area (Å²) >= 11 is 3.44. The number of hydrogen-bond acceptors (Lipinski definition) is 2. The second-order valence-electron chi connectivity index (χ2n) is 6.73. The lowest BCUT2D eigenvalue weighted by molar-refractivity contribution is -0.137.